The Bertz CT molecular complexity index is 393. The molecule has 4 heteroatoms. The molecule has 0 saturated carbocycles. The van der Waals surface area contributed by atoms with Crippen LogP contribution in [-0.2, 0) is 0 Å². The van der Waals surface area contributed by atoms with Gasteiger partial charge in [-0.1, -0.05) is 35.3 Å². The minimum Gasteiger partial charge on any atom is -0.507 e. The van der Waals surface area contributed by atoms with Crippen LogP contribution in [0.2, 0.25) is 0 Å². The Kier molecular flexibility index (Phi) is 5.48. The van der Waals surface area contributed by atoms with Crippen LogP contribution in [0.1, 0.15) is 35.7 Å². The lowest BCUT2D eigenvalue weighted by Gasteiger charge is -2.11. The quantitative estimate of drug-likeness (QED) is 0.821. The first-order valence-electron chi connectivity index (χ1n) is 5.76. The fourth-order valence-corrected chi connectivity index (χ4v) is 2.17. The smallest absolute Gasteiger partial charge is 0.255 e. The molecule has 0 spiro atoms. The van der Waals surface area contributed by atoms with Crippen LogP contribution >= 0.6 is 15.9 Å². The zero-order chi connectivity index (χ0) is 12.8. The number of carbonyl (C=O) groups is 1. The molecular formula is C13H18BrNO2. The number of amides is 1. The zero-order valence-corrected chi connectivity index (χ0v) is 11.8. The van der Waals surface area contributed by atoms with Crippen molar-refractivity contribution in [2.24, 2.45) is 0 Å². The first kappa shape index (κ1) is 14.0. The van der Waals surface area contributed by atoms with Crippen molar-refractivity contribution in [1.29, 1.82) is 0 Å². The molecule has 94 valence electrons. The van der Waals surface area contributed by atoms with E-state index in [1.165, 1.54) is 0 Å². The van der Waals surface area contributed by atoms with Crippen molar-refractivity contribution >= 4 is 21.8 Å². The monoisotopic (exact) mass is 299 g/mol. The summed E-state index contributed by atoms with van der Waals surface area (Å²) in [5.74, 6) is -0.202. The highest BCUT2D eigenvalue weighted by atomic mass is 79.9. The van der Waals surface area contributed by atoms with Gasteiger partial charge in [0.05, 0.1) is 5.56 Å². The number of hydrogen-bond acceptors (Lipinski definition) is 2. The van der Waals surface area contributed by atoms with Crippen molar-refractivity contribution in [3.05, 3.63) is 29.3 Å². The predicted molar refractivity (Wildman–Crippen MR) is 72.8 cm³/mol. The van der Waals surface area contributed by atoms with Gasteiger partial charge >= 0.3 is 0 Å². The number of rotatable bonds is 5. The molecule has 0 radical (unpaired) electrons. The lowest BCUT2D eigenvalue weighted by atomic mass is 10.1. The fraction of sp³-hybridized carbons (Fsp3) is 0.462. The number of alkyl halides is 1. The van der Waals surface area contributed by atoms with Gasteiger partial charge in [-0.25, -0.2) is 0 Å². The summed E-state index contributed by atoms with van der Waals surface area (Å²) < 4.78 is 0. The second-order valence-corrected chi connectivity index (χ2v) is 5.41. The molecule has 17 heavy (non-hydrogen) atoms. The maximum atomic E-state index is 11.8. The first-order chi connectivity index (χ1) is 8.04. The number of aromatic hydroxyl groups is 1. The van der Waals surface area contributed by atoms with Gasteiger partial charge in [0.25, 0.3) is 5.91 Å². The van der Waals surface area contributed by atoms with E-state index in [1.54, 1.807) is 12.1 Å². The van der Waals surface area contributed by atoms with Crippen molar-refractivity contribution in [3.8, 4) is 5.75 Å². The predicted octanol–water partition coefficient (Wildman–Crippen LogP) is 2.99. The second kappa shape index (κ2) is 6.64. The molecule has 0 fully saturated rings. The van der Waals surface area contributed by atoms with Gasteiger partial charge in [-0.05, 0) is 31.0 Å². The minimum absolute atomic E-state index is 0.0316. The fourth-order valence-electron chi connectivity index (χ4n) is 1.55. The minimum atomic E-state index is -0.233. The van der Waals surface area contributed by atoms with Crippen LogP contribution in [0, 0.1) is 6.92 Å². The largest absolute Gasteiger partial charge is 0.507 e. The van der Waals surface area contributed by atoms with Gasteiger partial charge in [0.1, 0.15) is 5.75 Å². The van der Waals surface area contributed by atoms with E-state index < -0.39 is 0 Å². The van der Waals surface area contributed by atoms with Crippen LogP contribution in [-0.4, -0.2) is 22.4 Å². The van der Waals surface area contributed by atoms with Gasteiger partial charge in [-0.2, -0.15) is 0 Å². The van der Waals surface area contributed by atoms with Gasteiger partial charge in [0.2, 0.25) is 0 Å². The van der Waals surface area contributed by atoms with E-state index in [0.29, 0.717) is 12.1 Å². The Morgan fingerprint density at radius 2 is 2.24 bits per heavy atom. The number of halogens is 1. The molecule has 0 aliphatic rings. The number of carbonyl (C=O) groups excluding carboxylic acids is 1. The summed E-state index contributed by atoms with van der Waals surface area (Å²) in [6.45, 7) is 4.54. The number of phenolic OH excluding ortho intramolecular Hbond substituents is 1. The molecule has 0 bridgehead atoms. The van der Waals surface area contributed by atoms with E-state index in [9.17, 15) is 9.90 Å². The summed E-state index contributed by atoms with van der Waals surface area (Å²) in [5, 5.41) is 12.5. The van der Waals surface area contributed by atoms with Crippen LogP contribution in [0.4, 0.5) is 0 Å². The molecular weight excluding hydrogens is 282 g/mol. The molecule has 0 aliphatic heterocycles. The van der Waals surface area contributed by atoms with Gasteiger partial charge in [-0.15, -0.1) is 0 Å². The highest BCUT2D eigenvalue weighted by molar-refractivity contribution is 9.09. The SMILES string of the molecule is CCCC(Br)CNC(=O)c1ccc(C)cc1O. The van der Waals surface area contributed by atoms with E-state index in [4.69, 9.17) is 0 Å². The lowest BCUT2D eigenvalue weighted by Crippen LogP contribution is -2.29. The average Bonchev–Trinajstić information content (AvgIpc) is 2.26. The van der Waals surface area contributed by atoms with Crippen molar-refractivity contribution < 1.29 is 9.90 Å². The summed E-state index contributed by atoms with van der Waals surface area (Å²) in [4.78, 5) is 12.1. The molecule has 1 aromatic carbocycles. The summed E-state index contributed by atoms with van der Waals surface area (Å²) in [7, 11) is 0. The Balaban J connectivity index is 2.58. The molecule has 1 atom stereocenters. The van der Waals surface area contributed by atoms with E-state index in [2.05, 4.69) is 28.2 Å². The van der Waals surface area contributed by atoms with Crippen LogP contribution in [0.3, 0.4) is 0 Å². The molecule has 3 nitrogen and oxygen atoms in total. The molecule has 1 amide bonds. The standard InChI is InChI=1S/C13H18BrNO2/c1-3-4-10(14)8-15-13(17)11-6-5-9(2)7-12(11)16/h5-7,10,16H,3-4,8H2,1-2H3,(H,15,17). The third-order valence-corrected chi connectivity index (χ3v) is 3.27. The summed E-state index contributed by atoms with van der Waals surface area (Å²) in [5.41, 5.74) is 1.26. The number of phenols is 1. The van der Waals surface area contributed by atoms with Gasteiger partial charge < -0.3 is 10.4 Å². The molecule has 1 unspecified atom stereocenters. The summed E-state index contributed by atoms with van der Waals surface area (Å²) in [6, 6.07) is 5.04. The second-order valence-electron chi connectivity index (χ2n) is 4.12. The zero-order valence-electron chi connectivity index (χ0n) is 10.2. The normalized spacial score (nSPS) is 12.2. The maximum absolute atomic E-state index is 11.8. The third kappa shape index (κ3) is 4.38. The lowest BCUT2D eigenvalue weighted by molar-refractivity contribution is 0.0951. The van der Waals surface area contributed by atoms with Crippen LogP contribution in [0.5, 0.6) is 5.75 Å². The van der Waals surface area contributed by atoms with E-state index in [-0.39, 0.29) is 16.5 Å². The Morgan fingerprint density at radius 1 is 1.53 bits per heavy atom. The van der Waals surface area contributed by atoms with E-state index in [1.807, 2.05) is 13.0 Å². The Morgan fingerprint density at radius 3 is 2.82 bits per heavy atom. The molecule has 1 aromatic rings. The number of nitrogens with one attached hydrogen (secondary N) is 1. The third-order valence-electron chi connectivity index (χ3n) is 2.48. The Labute approximate surface area is 110 Å². The molecule has 2 N–H and O–H groups in total. The van der Waals surface area contributed by atoms with Crippen molar-refractivity contribution in [3.63, 3.8) is 0 Å². The summed E-state index contributed by atoms with van der Waals surface area (Å²) >= 11 is 3.49. The molecule has 1 rings (SSSR count). The molecule has 0 saturated heterocycles. The van der Waals surface area contributed by atoms with Crippen molar-refractivity contribution in [2.45, 2.75) is 31.5 Å². The van der Waals surface area contributed by atoms with E-state index in [0.717, 1.165) is 18.4 Å². The van der Waals surface area contributed by atoms with E-state index >= 15 is 0 Å². The van der Waals surface area contributed by atoms with Gasteiger partial charge in [0.15, 0.2) is 0 Å². The molecule has 0 aliphatic carbocycles. The Hall–Kier alpha value is -1.03. The number of benzene rings is 1. The maximum Gasteiger partial charge on any atom is 0.255 e. The van der Waals surface area contributed by atoms with Gasteiger partial charge in [-0.3, -0.25) is 4.79 Å². The highest BCUT2D eigenvalue weighted by Crippen LogP contribution is 2.18. The molecule has 0 heterocycles. The first-order valence-corrected chi connectivity index (χ1v) is 6.68. The highest BCUT2D eigenvalue weighted by Gasteiger charge is 2.12. The van der Waals surface area contributed by atoms with Gasteiger partial charge in [0, 0.05) is 11.4 Å². The average molecular weight is 300 g/mol. The molecule has 0 aromatic heterocycles. The van der Waals surface area contributed by atoms with Crippen molar-refractivity contribution in [1.82, 2.24) is 5.32 Å². The van der Waals surface area contributed by atoms with Crippen LogP contribution < -0.4 is 5.32 Å². The van der Waals surface area contributed by atoms with Crippen LogP contribution in [0.25, 0.3) is 0 Å². The van der Waals surface area contributed by atoms with Crippen molar-refractivity contribution in [2.75, 3.05) is 6.54 Å². The topological polar surface area (TPSA) is 49.3 Å². The number of hydrogen-bond donors (Lipinski definition) is 2. The summed E-state index contributed by atoms with van der Waals surface area (Å²) in [6.07, 6.45) is 2.09. The number of aryl methyl sites for hydroxylation is 1. The van der Waals surface area contributed by atoms with Crippen LogP contribution in [0.15, 0.2) is 18.2 Å².